The Bertz CT molecular complexity index is 440. The lowest BCUT2D eigenvalue weighted by Crippen LogP contribution is -2.07. The Hall–Kier alpha value is -1.17. The second-order valence-electron chi connectivity index (χ2n) is 4.01. The summed E-state index contributed by atoms with van der Waals surface area (Å²) in [5, 5.41) is 3.81. The van der Waals surface area contributed by atoms with Crippen LogP contribution >= 0.6 is 11.8 Å². The number of aliphatic imine (C=N–C) groups is 1. The van der Waals surface area contributed by atoms with Crippen molar-refractivity contribution in [2.75, 3.05) is 11.1 Å². The van der Waals surface area contributed by atoms with Gasteiger partial charge in [-0.3, -0.25) is 4.99 Å². The topological polar surface area (TPSA) is 24.4 Å². The quantitative estimate of drug-likeness (QED) is 0.881. The van der Waals surface area contributed by atoms with Crippen LogP contribution in [0.4, 0.5) is 18.9 Å². The van der Waals surface area contributed by atoms with Crippen LogP contribution < -0.4 is 5.32 Å². The van der Waals surface area contributed by atoms with Crippen LogP contribution in [0.1, 0.15) is 18.9 Å². The van der Waals surface area contributed by atoms with Gasteiger partial charge in [0.1, 0.15) is 0 Å². The average Bonchev–Trinajstić information content (AvgIpc) is 2.76. The molecule has 1 heterocycles. The number of hydrogen-bond donors (Lipinski definition) is 1. The summed E-state index contributed by atoms with van der Waals surface area (Å²) in [6.45, 7) is 2.07. The molecule has 0 spiro atoms. The molecular formula is C12H13F3N2S. The largest absolute Gasteiger partial charge is 0.416 e. The molecule has 0 saturated heterocycles. The molecule has 1 aromatic carbocycles. The fraction of sp³-hybridized carbons (Fsp3) is 0.417. The number of thioether (sulfide) groups is 1. The Morgan fingerprint density at radius 3 is 2.50 bits per heavy atom. The molecule has 0 radical (unpaired) electrons. The van der Waals surface area contributed by atoms with Gasteiger partial charge in [0.05, 0.1) is 11.6 Å². The van der Waals surface area contributed by atoms with Crippen molar-refractivity contribution >= 4 is 22.6 Å². The van der Waals surface area contributed by atoms with E-state index >= 15 is 0 Å². The molecule has 1 aliphatic rings. The third-order valence-electron chi connectivity index (χ3n) is 2.65. The Morgan fingerprint density at radius 1 is 1.33 bits per heavy atom. The minimum Gasteiger partial charge on any atom is -0.335 e. The second kappa shape index (κ2) is 5.22. The lowest BCUT2D eigenvalue weighted by Gasteiger charge is -2.08. The highest BCUT2D eigenvalue weighted by molar-refractivity contribution is 8.14. The molecular weight excluding hydrogens is 261 g/mol. The summed E-state index contributed by atoms with van der Waals surface area (Å²) in [5.41, 5.74) is -0.00787. The predicted octanol–water partition coefficient (Wildman–Crippen LogP) is 4.00. The van der Waals surface area contributed by atoms with Gasteiger partial charge in [-0.15, -0.1) is 0 Å². The molecule has 0 bridgehead atoms. The molecule has 1 unspecified atom stereocenters. The smallest absolute Gasteiger partial charge is 0.335 e. The molecule has 1 aromatic rings. The van der Waals surface area contributed by atoms with Crippen molar-refractivity contribution in [3.8, 4) is 0 Å². The van der Waals surface area contributed by atoms with E-state index in [0.717, 1.165) is 29.5 Å². The highest BCUT2D eigenvalue weighted by atomic mass is 32.2. The minimum absolute atomic E-state index is 0.312. The number of hydrogen-bond acceptors (Lipinski definition) is 3. The van der Waals surface area contributed by atoms with Crippen LogP contribution in [0.15, 0.2) is 29.3 Å². The number of amidine groups is 1. The van der Waals surface area contributed by atoms with Crippen LogP contribution in [-0.2, 0) is 6.18 Å². The third kappa shape index (κ3) is 3.19. The summed E-state index contributed by atoms with van der Waals surface area (Å²) < 4.78 is 37.1. The highest BCUT2D eigenvalue weighted by Gasteiger charge is 2.30. The molecule has 2 rings (SSSR count). The summed E-state index contributed by atoms with van der Waals surface area (Å²) >= 11 is 1.60. The first-order valence-corrected chi connectivity index (χ1v) is 6.62. The molecule has 0 fully saturated rings. The number of anilines is 1. The van der Waals surface area contributed by atoms with E-state index in [0.29, 0.717) is 11.7 Å². The Labute approximate surface area is 108 Å². The average molecular weight is 274 g/mol. The van der Waals surface area contributed by atoms with Crippen LogP contribution in [-0.4, -0.2) is 17.0 Å². The summed E-state index contributed by atoms with van der Waals surface area (Å²) in [7, 11) is 0. The van der Waals surface area contributed by atoms with Crippen molar-refractivity contribution in [1.29, 1.82) is 0 Å². The zero-order valence-corrected chi connectivity index (χ0v) is 10.6. The zero-order valence-electron chi connectivity index (χ0n) is 9.79. The lowest BCUT2D eigenvalue weighted by atomic mass is 10.2. The Balaban J connectivity index is 2.03. The third-order valence-corrected chi connectivity index (χ3v) is 3.68. The van der Waals surface area contributed by atoms with E-state index in [1.165, 1.54) is 12.1 Å². The van der Waals surface area contributed by atoms with E-state index in [4.69, 9.17) is 0 Å². The van der Waals surface area contributed by atoms with Gasteiger partial charge in [-0.25, -0.2) is 0 Å². The van der Waals surface area contributed by atoms with Gasteiger partial charge >= 0.3 is 6.18 Å². The molecule has 0 saturated carbocycles. The molecule has 98 valence electrons. The number of nitrogens with zero attached hydrogens (tertiary/aromatic N) is 1. The van der Waals surface area contributed by atoms with E-state index in [1.807, 2.05) is 0 Å². The van der Waals surface area contributed by atoms with Crippen molar-refractivity contribution in [2.45, 2.75) is 25.6 Å². The van der Waals surface area contributed by atoms with Crippen LogP contribution in [0, 0.1) is 0 Å². The van der Waals surface area contributed by atoms with Crippen LogP contribution in [0.3, 0.4) is 0 Å². The second-order valence-corrected chi connectivity index (χ2v) is 5.02. The molecule has 1 atom stereocenters. The van der Waals surface area contributed by atoms with Gasteiger partial charge in [0, 0.05) is 11.4 Å². The van der Waals surface area contributed by atoms with Gasteiger partial charge < -0.3 is 5.32 Å². The van der Waals surface area contributed by atoms with Gasteiger partial charge in [0.15, 0.2) is 5.17 Å². The van der Waals surface area contributed by atoms with Crippen molar-refractivity contribution in [3.63, 3.8) is 0 Å². The first kappa shape index (κ1) is 13.3. The van der Waals surface area contributed by atoms with E-state index in [-0.39, 0.29) is 0 Å². The summed E-state index contributed by atoms with van der Waals surface area (Å²) in [4.78, 5) is 4.42. The zero-order chi connectivity index (χ0) is 13.2. The van der Waals surface area contributed by atoms with Crippen LogP contribution in [0.2, 0.25) is 0 Å². The van der Waals surface area contributed by atoms with E-state index in [1.54, 1.807) is 11.8 Å². The molecule has 2 nitrogen and oxygen atoms in total. The first-order valence-electron chi connectivity index (χ1n) is 5.64. The van der Waals surface area contributed by atoms with Crippen LogP contribution in [0.5, 0.6) is 0 Å². The van der Waals surface area contributed by atoms with Crippen molar-refractivity contribution < 1.29 is 13.2 Å². The minimum atomic E-state index is -4.29. The van der Waals surface area contributed by atoms with Gasteiger partial charge in [-0.1, -0.05) is 18.7 Å². The number of nitrogens with one attached hydrogen (secondary N) is 1. The van der Waals surface area contributed by atoms with E-state index in [9.17, 15) is 13.2 Å². The van der Waals surface area contributed by atoms with Crippen molar-refractivity contribution in [3.05, 3.63) is 29.8 Å². The molecule has 0 aliphatic carbocycles. The predicted molar refractivity (Wildman–Crippen MR) is 69.0 cm³/mol. The maximum Gasteiger partial charge on any atom is 0.416 e. The molecule has 0 amide bonds. The standard InChI is InChI=1S/C12H13F3N2S/c1-2-9-7-18-11(16-9)17-10-5-3-8(4-6-10)12(13,14)15/h3-6,9H,2,7H2,1H3,(H,16,17). The summed E-state index contributed by atoms with van der Waals surface area (Å²) in [5.74, 6) is 0.930. The SMILES string of the molecule is CCC1CSC(Nc2ccc(C(F)(F)F)cc2)=N1. The monoisotopic (exact) mass is 274 g/mol. The molecule has 0 aromatic heterocycles. The first-order chi connectivity index (χ1) is 8.49. The van der Waals surface area contributed by atoms with Crippen molar-refractivity contribution in [1.82, 2.24) is 0 Å². The highest BCUT2D eigenvalue weighted by Crippen LogP contribution is 2.30. The van der Waals surface area contributed by atoms with Gasteiger partial charge in [0.25, 0.3) is 0 Å². The number of halogens is 3. The molecule has 18 heavy (non-hydrogen) atoms. The number of benzene rings is 1. The van der Waals surface area contributed by atoms with Crippen molar-refractivity contribution in [2.24, 2.45) is 4.99 Å². The maximum absolute atomic E-state index is 12.4. The molecule has 6 heteroatoms. The lowest BCUT2D eigenvalue weighted by molar-refractivity contribution is -0.137. The fourth-order valence-corrected chi connectivity index (χ4v) is 2.63. The Kier molecular flexibility index (Phi) is 3.85. The van der Waals surface area contributed by atoms with Crippen LogP contribution in [0.25, 0.3) is 0 Å². The normalized spacial score (nSPS) is 19.8. The van der Waals surface area contributed by atoms with Gasteiger partial charge in [0.2, 0.25) is 0 Å². The van der Waals surface area contributed by atoms with Gasteiger partial charge in [-0.05, 0) is 30.7 Å². The van der Waals surface area contributed by atoms with E-state index in [2.05, 4.69) is 17.2 Å². The van der Waals surface area contributed by atoms with Gasteiger partial charge in [-0.2, -0.15) is 13.2 Å². The Morgan fingerprint density at radius 2 is 2.00 bits per heavy atom. The molecule has 1 aliphatic heterocycles. The van der Waals surface area contributed by atoms with E-state index < -0.39 is 11.7 Å². The summed E-state index contributed by atoms with van der Waals surface area (Å²) in [6.07, 6.45) is -3.31. The maximum atomic E-state index is 12.4. The molecule has 1 N–H and O–H groups in total. The summed E-state index contributed by atoms with van der Waals surface area (Å²) in [6, 6.07) is 5.29. The number of alkyl halides is 3. The fourth-order valence-electron chi connectivity index (χ4n) is 1.56. The number of rotatable bonds is 2.